The van der Waals surface area contributed by atoms with Crippen LogP contribution >= 0.6 is 0 Å². The summed E-state index contributed by atoms with van der Waals surface area (Å²) < 4.78 is 7.01. The van der Waals surface area contributed by atoms with Crippen molar-refractivity contribution in [2.24, 2.45) is 0 Å². The second-order valence-corrected chi connectivity index (χ2v) is 5.18. The number of nitrogens with one attached hydrogen (secondary N) is 1. The van der Waals surface area contributed by atoms with Gasteiger partial charge >= 0.3 is 0 Å². The highest BCUT2D eigenvalue weighted by Gasteiger charge is 2.20. The van der Waals surface area contributed by atoms with Gasteiger partial charge in [0.15, 0.2) is 0 Å². The Labute approximate surface area is 118 Å². The molecule has 5 heteroatoms. The standard InChI is InChI=1S/C15H20N4O/c1-20-9-8-12-4-2-3-5-15(12)19-11-14(17-18-19)10-16-13-6-7-13/h2-5,11,13,16H,6-10H2,1H3. The summed E-state index contributed by atoms with van der Waals surface area (Å²) in [4.78, 5) is 0. The quantitative estimate of drug-likeness (QED) is 0.833. The van der Waals surface area contributed by atoms with Gasteiger partial charge in [0.1, 0.15) is 0 Å². The van der Waals surface area contributed by atoms with Gasteiger partial charge in [-0.15, -0.1) is 5.10 Å². The van der Waals surface area contributed by atoms with Gasteiger partial charge in [-0.05, 0) is 30.9 Å². The number of hydrogen-bond donors (Lipinski definition) is 1. The fourth-order valence-corrected chi connectivity index (χ4v) is 2.19. The van der Waals surface area contributed by atoms with Gasteiger partial charge in [-0.2, -0.15) is 0 Å². The fourth-order valence-electron chi connectivity index (χ4n) is 2.19. The average Bonchev–Trinajstić information content (AvgIpc) is 3.20. The monoisotopic (exact) mass is 272 g/mol. The Morgan fingerprint density at radius 1 is 1.35 bits per heavy atom. The van der Waals surface area contributed by atoms with E-state index in [0.29, 0.717) is 12.6 Å². The van der Waals surface area contributed by atoms with Crippen molar-refractivity contribution in [3.63, 3.8) is 0 Å². The third kappa shape index (κ3) is 3.23. The smallest absolute Gasteiger partial charge is 0.0969 e. The van der Waals surface area contributed by atoms with Gasteiger partial charge in [0, 0.05) is 19.7 Å². The van der Waals surface area contributed by atoms with E-state index in [-0.39, 0.29) is 0 Å². The van der Waals surface area contributed by atoms with E-state index >= 15 is 0 Å². The molecule has 1 heterocycles. The van der Waals surface area contributed by atoms with Gasteiger partial charge in [-0.25, -0.2) is 4.68 Å². The van der Waals surface area contributed by atoms with Gasteiger partial charge in [0.05, 0.1) is 24.2 Å². The molecular formula is C15H20N4O. The molecule has 1 fully saturated rings. The molecule has 0 unspecified atom stereocenters. The molecule has 1 aromatic heterocycles. The topological polar surface area (TPSA) is 52.0 Å². The number of para-hydroxylation sites is 1. The van der Waals surface area contributed by atoms with E-state index in [4.69, 9.17) is 4.74 Å². The van der Waals surface area contributed by atoms with Crippen molar-refractivity contribution in [1.82, 2.24) is 20.3 Å². The van der Waals surface area contributed by atoms with E-state index in [1.54, 1.807) is 7.11 Å². The minimum absolute atomic E-state index is 0.689. The predicted molar refractivity (Wildman–Crippen MR) is 76.8 cm³/mol. The summed E-state index contributed by atoms with van der Waals surface area (Å²) >= 11 is 0. The number of benzene rings is 1. The van der Waals surface area contributed by atoms with Crippen molar-refractivity contribution >= 4 is 0 Å². The van der Waals surface area contributed by atoms with Gasteiger partial charge in [-0.1, -0.05) is 23.4 Å². The second kappa shape index (κ2) is 6.15. The molecule has 1 saturated carbocycles. The minimum Gasteiger partial charge on any atom is -0.384 e. The van der Waals surface area contributed by atoms with Crippen LogP contribution in [0.25, 0.3) is 5.69 Å². The van der Waals surface area contributed by atoms with E-state index in [0.717, 1.165) is 24.3 Å². The Balaban J connectivity index is 1.73. The largest absolute Gasteiger partial charge is 0.384 e. The molecule has 3 rings (SSSR count). The Hall–Kier alpha value is -1.72. The van der Waals surface area contributed by atoms with E-state index < -0.39 is 0 Å². The Morgan fingerprint density at radius 2 is 2.20 bits per heavy atom. The number of nitrogens with zero attached hydrogens (tertiary/aromatic N) is 3. The van der Waals surface area contributed by atoms with Gasteiger partial charge in [0.25, 0.3) is 0 Å². The highest BCUT2D eigenvalue weighted by molar-refractivity contribution is 5.40. The summed E-state index contributed by atoms with van der Waals surface area (Å²) in [5.74, 6) is 0. The molecule has 0 aliphatic heterocycles. The van der Waals surface area contributed by atoms with Crippen LogP contribution in [-0.2, 0) is 17.7 Å². The Morgan fingerprint density at radius 3 is 3.00 bits per heavy atom. The average molecular weight is 272 g/mol. The van der Waals surface area contributed by atoms with Gasteiger partial charge < -0.3 is 10.1 Å². The number of ether oxygens (including phenoxy) is 1. The summed E-state index contributed by atoms with van der Waals surface area (Å²) in [6, 6.07) is 8.93. The highest BCUT2D eigenvalue weighted by atomic mass is 16.5. The molecule has 0 atom stereocenters. The maximum atomic E-state index is 5.16. The maximum Gasteiger partial charge on any atom is 0.0969 e. The van der Waals surface area contributed by atoms with Crippen molar-refractivity contribution < 1.29 is 4.74 Å². The Bertz CT molecular complexity index is 563. The van der Waals surface area contributed by atoms with Crippen LogP contribution in [0.4, 0.5) is 0 Å². The summed E-state index contributed by atoms with van der Waals surface area (Å²) in [5.41, 5.74) is 3.29. The number of hydrogen-bond acceptors (Lipinski definition) is 4. The van der Waals surface area contributed by atoms with Gasteiger partial charge in [-0.3, -0.25) is 0 Å². The maximum absolute atomic E-state index is 5.16. The van der Waals surface area contributed by atoms with E-state index in [1.807, 2.05) is 23.0 Å². The van der Waals surface area contributed by atoms with E-state index in [2.05, 4.69) is 27.8 Å². The molecular weight excluding hydrogens is 252 g/mol. The van der Waals surface area contributed by atoms with Crippen molar-refractivity contribution in [2.75, 3.05) is 13.7 Å². The van der Waals surface area contributed by atoms with E-state index in [9.17, 15) is 0 Å². The molecule has 0 bridgehead atoms. The first-order chi connectivity index (χ1) is 9.86. The zero-order valence-corrected chi connectivity index (χ0v) is 11.7. The number of aromatic nitrogens is 3. The molecule has 106 valence electrons. The summed E-state index contributed by atoms with van der Waals surface area (Å²) in [6.45, 7) is 1.51. The van der Waals surface area contributed by atoms with Crippen LogP contribution in [0.1, 0.15) is 24.1 Å². The van der Waals surface area contributed by atoms with Crippen molar-refractivity contribution in [2.45, 2.75) is 31.8 Å². The molecule has 2 aromatic rings. The highest BCUT2D eigenvalue weighted by Crippen LogP contribution is 2.19. The third-order valence-corrected chi connectivity index (χ3v) is 3.50. The molecule has 0 spiro atoms. The Kier molecular flexibility index (Phi) is 4.08. The minimum atomic E-state index is 0.689. The van der Waals surface area contributed by atoms with Gasteiger partial charge in [0.2, 0.25) is 0 Å². The molecule has 1 N–H and O–H groups in total. The SMILES string of the molecule is COCCc1ccccc1-n1cc(CNC2CC2)nn1. The first-order valence-corrected chi connectivity index (χ1v) is 7.08. The molecule has 5 nitrogen and oxygen atoms in total. The van der Waals surface area contributed by atoms with Crippen LogP contribution in [0.2, 0.25) is 0 Å². The van der Waals surface area contributed by atoms with Crippen LogP contribution in [0.5, 0.6) is 0 Å². The molecule has 1 aliphatic rings. The lowest BCUT2D eigenvalue weighted by atomic mass is 10.1. The molecule has 0 amide bonds. The zero-order chi connectivity index (χ0) is 13.8. The number of methoxy groups -OCH3 is 1. The first kappa shape index (κ1) is 13.3. The first-order valence-electron chi connectivity index (χ1n) is 7.08. The molecule has 0 saturated heterocycles. The predicted octanol–water partition coefficient (Wildman–Crippen LogP) is 1.71. The summed E-state index contributed by atoms with van der Waals surface area (Å²) in [6.07, 6.45) is 5.45. The van der Waals surface area contributed by atoms with Crippen molar-refractivity contribution in [3.8, 4) is 5.69 Å². The molecule has 0 radical (unpaired) electrons. The van der Waals surface area contributed by atoms with E-state index in [1.165, 1.54) is 18.4 Å². The van der Waals surface area contributed by atoms with Crippen molar-refractivity contribution in [3.05, 3.63) is 41.7 Å². The molecule has 1 aromatic carbocycles. The fraction of sp³-hybridized carbons (Fsp3) is 0.467. The van der Waals surface area contributed by atoms with Crippen molar-refractivity contribution in [1.29, 1.82) is 0 Å². The van der Waals surface area contributed by atoms with Crippen LogP contribution in [-0.4, -0.2) is 34.8 Å². The molecule has 20 heavy (non-hydrogen) atoms. The van der Waals surface area contributed by atoms with Crippen LogP contribution < -0.4 is 5.32 Å². The summed E-state index contributed by atoms with van der Waals surface area (Å²) in [5, 5.41) is 11.9. The second-order valence-electron chi connectivity index (χ2n) is 5.18. The lowest BCUT2D eigenvalue weighted by molar-refractivity contribution is 0.202. The zero-order valence-electron chi connectivity index (χ0n) is 11.7. The van der Waals surface area contributed by atoms with Crippen LogP contribution in [0, 0.1) is 0 Å². The summed E-state index contributed by atoms with van der Waals surface area (Å²) in [7, 11) is 1.72. The van der Waals surface area contributed by atoms with Crippen LogP contribution in [0.15, 0.2) is 30.5 Å². The number of rotatable bonds is 7. The lowest BCUT2D eigenvalue weighted by Crippen LogP contribution is -2.15. The lowest BCUT2D eigenvalue weighted by Gasteiger charge is -2.08. The normalized spacial score (nSPS) is 14.7. The molecule has 1 aliphatic carbocycles. The third-order valence-electron chi connectivity index (χ3n) is 3.50. The van der Waals surface area contributed by atoms with Crippen LogP contribution in [0.3, 0.4) is 0 Å².